The summed E-state index contributed by atoms with van der Waals surface area (Å²) >= 11 is 0. The number of benzene rings is 1. The Morgan fingerprint density at radius 3 is 2.58 bits per heavy atom. The maximum atomic E-state index is 12.7. The lowest BCUT2D eigenvalue weighted by molar-refractivity contribution is -0.137. The number of carbonyl (C=O) groups is 1. The number of hydrogen-bond donors (Lipinski definition) is 1. The van der Waals surface area contributed by atoms with Crippen molar-refractivity contribution in [1.29, 1.82) is 0 Å². The van der Waals surface area contributed by atoms with Crippen LogP contribution in [0.5, 0.6) is 0 Å². The molecule has 2 aliphatic rings. The summed E-state index contributed by atoms with van der Waals surface area (Å²) in [5.41, 5.74) is 1.29. The molecule has 102 valence electrons. The van der Waals surface area contributed by atoms with Crippen molar-refractivity contribution in [1.82, 2.24) is 10.2 Å². The predicted octanol–water partition coefficient (Wildman–Crippen LogP) is 2.35. The zero-order valence-electron chi connectivity index (χ0n) is 11.3. The van der Waals surface area contributed by atoms with Crippen LogP contribution in [-0.2, 0) is 4.79 Å². The molecule has 1 amide bonds. The average Bonchev–Trinajstić information content (AvgIpc) is 2.98. The number of hydrogen-bond acceptors (Lipinski definition) is 2. The Hall–Kier alpha value is -1.35. The van der Waals surface area contributed by atoms with Crippen LogP contribution < -0.4 is 5.32 Å². The minimum absolute atomic E-state index is 0.241. The average molecular weight is 258 g/mol. The van der Waals surface area contributed by atoms with E-state index in [1.165, 1.54) is 5.56 Å². The molecule has 1 aromatic carbocycles. The Labute approximate surface area is 115 Å². The van der Waals surface area contributed by atoms with Crippen LogP contribution in [0.1, 0.15) is 37.3 Å². The first-order valence-corrected chi connectivity index (χ1v) is 7.42. The third-order valence-electron chi connectivity index (χ3n) is 4.41. The molecular formula is C16H22N2O. The summed E-state index contributed by atoms with van der Waals surface area (Å²) in [5.74, 6) is 0.624. The van der Waals surface area contributed by atoms with Crippen molar-refractivity contribution in [2.45, 2.75) is 31.7 Å². The Morgan fingerprint density at radius 2 is 1.84 bits per heavy atom. The summed E-state index contributed by atoms with van der Waals surface area (Å²) < 4.78 is 0. The molecule has 2 fully saturated rings. The number of carbonyl (C=O) groups excluding carboxylic acids is 1. The molecule has 0 spiro atoms. The monoisotopic (exact) mass is 258 g/mol. The van der Waals surface area contributed by atoms with Crippen LogP contribution in [0.25, 0.3) is 0 Å². The first kappa shape index (κ1) is 12.7. The van der Waals surface area contributed by atoms with Gasteiger partial charge in [0.2, 0.25) is 5.91 Å². The molecule has 2 aliphatic heterocycles. The topological polar surface area (TPSA) is 32.3 Å². The number of nitrogens with one attached hydrogen (secondary N) is 1. The largest absolute Gasteiger partial charge is 0.335 e. The molecule has 19 heavy (non-hydrogen) atoms. The molecule has 0 saturated carbocycles. The van der Waals surface area contributed by atoms with Gasteiger partial charge in [-0.25, -0.2) is 0 Å². The van der Waals surface area contributed by atoms with Crippen LogP contribution in [0.2, 0.25) is 0 Å². The van der Waals surface area contributed by atoms with E-state index >= 15 is 0 Å². The van der Waals surface area contributed by atoms with Crippen LogP contribution in [0, 0.1) is 5.92 Å². The highest BCUT2D eigenvalue weighted by Crippen LogP contribution is 2.33. The Morgan fingerprint density at radius 1 is 1.11 bits per heavy atom. The van der Waals surface area contributed by atoms with Gasteiger partial charge in [0, 0.05) is 12.5 Å². The standard InChI is InChI=1S/C16H22N2O/c19-16(14-8-10-17-11-9-14)18-12-4-7-15(18)13-5-2-1-3-6-13/h1-3,5-6,14-15,17H,4,7-12H2. The fourth-order valence-electron chi connectivity index (χ4n) is 3.36. The number of piperidine rings is 1. The molecule has 3 nitrogen and oxygen atoms in total. The Bertz CT molecular complexity index is 426. The van der Waals surface area contributed by atoms with Gasteiger partial charge < -0.3 is 10.2 Å². The lowest BCUT2D eigenvalue weighted by Gasteiger charge is -2.31. The number of likely N-dealkylation sites (tertiary alicyclic amines) is 1. The van der Waals surface area contributed by atoms with E-state index in [9.17, 15) is 4.79 Å². The van der Waals surface area contributed by atoms with Crippen molar-refractivity contribution in [3.05, 3.63) is 35.9 Å². The second-order valence-electron chi connectivity index (χ2n) is 5.62. The van der Waals surface area contributed by atoms with Crippen molar-refractivity contribution in [2.24, 2.45) is 5.92 Å². The van der Waals surface area contributed by atoms with Crippen molar-refractivity contribution in [3.8, 4) is 0 Å². The molecule has 1 aromatic rings. The van der Waals surface area contributed by atoms with Crippen molar-refractivity contribution >= 4 is 5.91 Å². The van der Waals surface area contributed by atoms with E-state index in [-0.39, 0.29) is 5.92 Å². The molecule has 3 heteroatoms. The van der Waals surface area contributed by atoms with Crippen molar-refractivity contribution < 1.29 is 4.79 Å². The summed E-state index contributed by atoms with van der Waals surface area (Å²) in [7, 11) is 0. The normalized spacial score (nSPS) is 24.6. The van der Waals surface area contributed by atoms with Crippen molar-refractivity contribution in [2.75, 3.05) is 19.6 Å². The van der Waals surface area contributed by atoms with Crippen LogP contribution >= 0.6 is 0 Å². The van der Waals surface area contributed by atoms with E-state index in [2.05, 4.69) is 34.5 Å². The predicted molar refractivity (Wildman–Crippen MR) is 75.7 cm³/mol. The van der Waals surface area contributed by atoms with E-state index in [0.717, 1.165) is 45.3 Å². The number of nitrogens with zero attached hydrogens (tertiary/aromatic N) is 1. The first-order valence-electron chi connectivity index (χ1n) is 7.42. The molecule has 0 aromatic heterocycles. The number of amides is 1. The van der Waals surface area contributed by atoms with Crippen LogP contribution in [0.4, 0.5) is 0 Å². The third kappa shape index (κ3) is 2.66. The molecule has 1 atom stereocenters. The van der Waals surface area contributed by atoms with Crippen LogP contribution in [-0.4, -0.2) is 30.4 Å². The van der Waals surface area contributed by atoms with Crippen LogP contribution in [0.3, 0.4) is 0 Å². The van der Waals surface area contributed by atoms with E-state index in [1.807, 2.05) is 6.07 Å². The van der Waals surface area contributed by atoms with E-state index in [4.69, 9.17) is 0 Å². The second-order valence-corrected chi connectivity index (χ2v) is 5.62. The van der Waals surface area contributed by atoms with Gasteiger partial charge in [0.05, 0.1) is 6.04 Å². The molecule has 0 bridgehead atoms. The molecular weight excluding hydrogens is 236 g/mol. The highest BCUT2D eigenvalue weighted by Gasteiger charge is 2.34. The highest BCUT2D eigenvalue weighted by molar-refractivity contribution is 5.79. The van der Waals surface area contributed by atoms with E-state index in [0.29, 0.717) is 11.9 Å². The summed E-state index contributed by atoms with van der Waals surface area (Å²) in [5, 5.41) is 3.33. The molecule has 3 rings (SSSR count). The lowest BCUT2D eigenvalue weighted by Crippen LogP contribution is -2.40. The van der Waals surface area contributed by atoms with Gasteiger partial charge in [0.15, 0.2) is 0 Å². The second kappa shape index (κ2) is 5.74. The maximum Gasteiger partial charge on any atom is 0.226 e. The van der Waals surface area contributed by atoms with Gasteiger partial charge in [-0.1, -0.05) is 30.3 Å². The lowest BCUT2D eigenvalue weighted by atomic mass is 9.95. The fraction of sp³-hybridized carbons (Fsp3) is 0.562. The zero-order valence-corrected chi connectivity index (χ0v) is 11.3. The van der Waals surface area contributed by atoms with Gasteiger partial charge in [-0.2, -0.15) is 0 Å². The summed E-state index contributed by atoms with van der Waals surface area (Å²) in [6.07, 6.45) is 4.24. The minimum Gasteiger partial charge on any atom is -0.335 e. The summed E-state index contributed by atoms with van der Waals surface area (Å²) in [6.45, 7) is 2.91. The summed E-state index contributed by atoms with van der Waals surface area (Å²) in [6, 6.07) is 10.8. The van der Waals surface area contributed by atoms with Crippen LogP contribution in [0.15, 0.2) is 30.3 Å². The van der Waals surface area contributed by atoms with Gasteiger partial charge in [0.25, 0.3) is 0 Å². The highest BCUT2D eigenvalue weighted by atomic mass is 16.2. The quantitative estimate of drug-likeness (QED) is 0.883. The SMILES string of the molecule is O=C(C1CCNCC1)N1CCCC1c1ccccc1. The minimum atomic E-state index is 0.241. The molecule has 2 saturated heterocycles. The third-order valence-corrected chi connectivity index (χ3v) is 4.41. The zero-order chi connectivity index (χ0) is 13.1. The summed E-state index contributed by atoms with van der Waals surface area (Å²) in [4.78, 5) is 14.8. The Kier molecular flexibility index (Phi) is 3.83. The van der Waals surface area contributed by atoms with Gasteiger partial charge in [-0.05, 0) is 44.3 Å². The van der Waals surface area contributed by atoms with E-state index < -0.39 is 0 Å². The van der Waals surface area contributed by atoms with Gasteiger partial charge in [-0.15, -0.1) is 0 Å². The fourth-order valence-corrected chi connectivity index (χ4v) is 3.36. The van der Waals surface area contributed by atoms with Gasteiger partial charge >= 0.3 is 0 Å². The molecule has 0 aliphatic carbocycles. The first-order chi connectivity index (χ1) is 9.36. The maximum absolute atomic E-state index is 12.7. The van der Waals surface area contributed by atoms with Crippen molar-refractivity contribution in [3.63, 3.8) is 0 Å². The van der Waals surface area contributed by atoms with E-state index in [1.54, 1.807) is 0 Å². The molecule has 0 radical (unpaired) electrons. The Balaban J connectivity index is 1.74. The van der Waals surface area contributed by atoms with Gasteiger partial charge in [-0.3, -0.25) is 4.79 Å². The smallest absolute Gasteiger partial charge is 0.226 e. The molecule has 1 N–H and O–H groups in total. The van der Waals surface area contributed by atoms with Gasteiger partial charge in [0.1, 0.15) is 0 Å². The molecule has 2 heterocycles. The molecule has 1 unspecified atom stereocenters. The number of rotatable bonds is 2.